The standard InChI is InChI=1S/C70H45N3O/c1-5-19-46(20-6-1)50-37-38-65-62(44-50)68-58(32-18-35-66(68)73(65)57-29-11-4-12-30-57)51-26-16-28-53(40-51)70-71-63(45-64(72-70)61-34-17-33-60-59-31-13-14-36-67(59)74-69(60)61)52-27-15-25-49(39-52)56-42-54(47-21-7-2-8-22-47)41-55(43-56)48-23-9-3-10-24-48/h1-45H. The van der Waals surface area contributed by atoms with E-state index < -0.39 is 0 Å². The van der Waals surface area contributed by atoms with E-state index in [1.54, 1.807) is 0 Å². The third-order valence-electron chi connectivity index (χ3n) is 14.4. The van der Waals surface area contributed by atoms with E-state index >= 15 is 0 Å². The van der Waals surface area contributed by atoms with Gasteiger partial charge in [-0.05, 0) is 134 Å². The van der Waals surface area contributed by atoms with Crippen molar-refractivity contribution in [2.45, 2.75) is 0 Å². The van der Waals surface area contributed by atoms with E-state index in [0.717, 1.165) is 100 Å². The molecule has 0 aliphatic heterocycles. The van der Waals surface area contributed by atoms with Crippen LogP contribution in [0, 0.1) is 0 Å². The van der Waals surface area contributed by atoms with Crippen molar-refractivity contribution in [3.8, 4) is 95.2 Å². The van der Waals surface area contributed by atoms with Gasteiger partial charge in [0.05, 0.1) is 22.4 Å². The van der Waals surface area contributed by atoms with Gasteiger partial charge in [0.15, 0.2) is 5.82 Å². The highest BCUT2D eigenvalue weighted by molar-refractivity contribution is 6.17. The molecule has 0 fully saturated rings. The molecule has 0 unspecified atom stereocenters. The minimum atomic E-state index is 0.626. The fourth-order valence-electron chi connectivity index (χ4n) is 10.9. The molecule has 0 saturated heterocycles. The van der Waals surface area contributed by atoms with E-state index in [4.69, 9.17) is 14.4 Å². The van der Waals surface area contributed by atoms with Gasteiger partial charge in [-0.2, -0.15) is 0 Å². The number of furan rings is 1. The summed E-state index contributed by atoms with van der Waals surface area (Å²) in [5.41, 5.74) is 20.9. The maximum atomic E-state index is 6.66. The molecule has 3 heterocycles. The third kappa shape index (κ3) is 7.65. The van der Waals surface area contributed by atoms with Crippen molar-refractivity contribution >= 4 is 43.7 Å². The van der Waals surface area contributed by atoms with Crippen molar-refractivity contribution in [1.82, 2.24) is 14.5 Å². The number of hydrogen-bond acceptors (Lipinski definition) is 3. The second-order valence-electron chi connectivity index (χ2n) is 18.9. The molecular weight excluding hydrogens is 899 g/mol. The molecule has 74 heavy (non-hydrogen) atoms. The smallest absolute Gasteiger partial charge is 0.160 e. The lowest BCUT2D eigenvalue weighted by Gasteiger charge is -2.14. The number of hydrogen-bond donors (Lipinski definition) is 0. The Morgan fingerprint density at radius 2 is 0.784 bits per heavy atom. The normalized spacial score (nSPS) is 11.5. The van der Waals surface area contributed by atoms with Crippen LogP contribution >= 0.6 is 0 Å². The molecular formula is C70H45N3O. The zero-order chi connectivity index (χ0) is 49.0. The van der Waals surface area contributed by atoms with Crippen LogP contribution in [-0.2, 0) is 0 Å². The van der Waals surface area contributed by atoms with Gasteiger partial charge in [0.2, 0.25) is 0 Å². The largest absolute Gasteiger partial charge is 0.455 e. The Morgan fingerprint density at radius 1 is 0.284 bits per heavy atom. The second-order valence-corrected chi connectivity index (χ2v) is 18.9. The third-order valence-corrected chi connectivity index (χ3v) is 14.4. The molecule has 4 nitrogen and oxygen atoms in total. The quantitative estimate of drug-likeness (QED) is 0.145. The Balaban J connectivity index is 0.952. The molecule has 14 aromatic rings. The van der Waals surface area contributed by atoms with E-state index in [0.29, 0.717) is 5.82 Å². The van der Waals surface area contributed by atoms with Crippen LogP contribution in [0.5, 0.6) is 0 Å². The highest BCUT2D eigenvalue weighted by atomic mass is 16.3. The summed E-state index contributed by atoms with van der Waals surface area (Å²) in [7, 11) is 0. The van der Waals surface area contributed by atoms with Gasteiger partial charge in [0.1, 0.15) is 11.2 Å². The number of rotatable bonds is 9. The number of fused-ring (bicyclic) bond motifs is 6. The van der Waals surface area contributed by atoms with Gasteiger partial charge >= 0.3 is 0 Å². The van der Waals surface area contributed by atoms with E-state index in [9.17, 15) is 0 Å². The predicted molar refractivity (Wildman–Crippen MR) is 307 cm³/mol. The van der Waals surface area contributed by atoms with Gasteiger partial charge in [-0.1, -0.05) is 194 Å². The maximum Gasteiger partial charge on any atom is 0.160 e. The monoisotopic (exact) mass is 943 g/mol. The van der Waals surface area contributed by atoms with E-state index in [1.807, 2.05) is 12.1 Å². The fraction of sp³-hybridized carbons (Fsp3) is 0. The zero-order valence-electron chi connectivity index (χ0n) is 40.2. The van der Waals surface area contributed by atoms with Gasteiger partial charge in [-0.25, -0.2) is 9.97 Å². The van der Waals surface area contributed by atoms with Crippen molar-refractivity contribution in [3.63, 3.8) is 0 Å². The summed E-state index contributed by atoms with van der Waals surface area (Å²) in [6.07, 6.45) is 0. The van der Waals surface area contributed by atoms with E-state index in [2.05, 4.69) is 265 Å². The Labute approximate surface area is 428 Å². The summed E-state index contributed by atoms with van der Waals surface area (Å²) in [5, 5.41) is 4.51. The molecule has 346 valence electrons. The second kappa shape index (κ2) is 18.1. The van der Waals surface area contributed by atoms with Gasteiger partial charge in [-0.3, -0.25) is 0 Å². The first-order valence-corrected chi connectivity index (χ1v) is 25.1. The zero-order valence-corrected chi connectivity index (χ0v) is 40.2. The maximum absolute atomic E-state index is 6.66. The van der Waals surface area contributed by atoms with E-state index in [1.165, 1.54) is 33.0 Å². The van der Waals surface area contributed by atoms with Crippen LogP contribution < -0.4 is 0 Å². The SMILES string of the molecule is c1ccc(-c2cc(-c3ccccc3)cc(-c3cccc(-c4cc(-c5cccc6c5oc5ccccc56)nc(-c5cccc(-c6cccc7c6c6cc(-c8ccccc8)ccc6n7-c6ccccc6)c5)n4)c3)c2)cc1. The average molecular weight is 944 g/mol. The summed E-state index contributed by atoms with van der Waals surface area (Å²) in [5.74, 6) is 0.626. The van der Waals surface area contributed by atoms with Crippen LogP contribution in [0.1, 0.15) is 0 Å². The van der Waals surface area contributed by atoms with Crippen molar-refractivity contribution in [3.05, 3.63) is 273 Å². The summed E-state index contributed by atoms with van der Waals surface area (Å²) in [6.45, 7) is 0. The van der Waals surface area contributed by atoms with Crippen LogP contribution in [0.15, 0.2) is 277 Å². The average Bonchev–Trinajstić information content (AvgIpc) is 4.05. The summed E-state index contributed by atoms with van der Waals surface area (Å²) in [6, 6.07) is 97.1. The summed E-state index contributed by atoms with van der Waals surface area (Å²) >= 11 is 0. The number of benzene rings is 11. The van der Waals surface area contributed by atoms with Crippen molar-refractivity contribution in [2.24, 2.45) is 0 Å². The van der Waals surface area contributed by atoms with Gasteiger partial charge < -0.3 is 8.98 Å². The molecule has 0 N–H and O–H groups in total. The van der Waals surface area contributed by atoms with E-state index in [-0.39, 0.29) is 0 Å². The molecule has 0 spiro atoms. The van der Waals surface area contributed by atoms with Gasteiger partial charge in [0.25, 0.3) is 0 Å². The molecule has 0 bridgehead atoms. The highest BCUT2D eigenvalue weighted by Gasteiger charge is 2.20. The molecule has 0 amide bonds. The molecule has 0 aliphatic rings. The molecule has 3 aromatic heterocycles. The van der Waals surface area contributed by atoms with Gasteiger partial charge in [0, 0.05) is 43.9 Å². The fourth-order valence-corrected chi connectivity index (χ4v) is 10.9. The number of para-hydroxylation sites is 3. The van der Waals surface area contributed by atoms with Crippen molar-refractivity contribution in [2.75, 3.05) is 0 Å². The first-order valence-electron chi connectivity index (χ1n) is 25.1. The first-order chi connectivity index (χ1) is 36.7. The Bertz CT molecular complexity index is 4350. The van der Waals surface area contributed by atoms with Crippen LogP contribution in [0.3, 0.4) is 0 Å². The topological polar surface area (TPSA) is 43.9 Å². The van der Waals surface area contributed by atoms with Crippen molar-refractivity contribution < 1.29 is 4.42 Å². The lowest BCUT2D eigenvalue weighted by Crippen LogP contribution is -1.97. The highest BCUT2D eigenvalue weighted by Crippen LogP contribution is 2.43. The van der Waals surface area contributed by atoms with Gasteiger partial charge in [-0.15, -0.1) is 0 Å². The minimum Gasteiger partial charge on any atom is -0.455 e. The molecule has 0 atom stereocenters. The lowest BCUT2D eigenvalue weighted by atomic mass is 9.92. The molecule has 0 radical (unpaired) electrons. The Morgan fingerprint density at radius 3 is 1.51 bits per heavy atom. The summed E-state index contributed by atoms with van der Waals surface area (Å²) in [4.78, 5) is 10.9. The van der Waals surface area contributed by atoms with Crippen LogP contribution in [0.2, 0.25) is 0 Å². The lowest BCUT2D eigenvalue weighted by molar-refractivity contribution is 0.670. The molecule has 14 rings (SSSR count). The molecule has 0 saturated carbocycles. The number of aromatic nitrogens is 3. The van der Waals surface area contributed by atoms with Crippen LogP contribution in [-0.4, -0.2) is 14.5 Å². The van der Waals surface area contributed by atoms with Crippen LogP contribution in [0.4, 0.5) is 0 Å². The predicted octanol–water partition coefficient (Wildman–Crippen LogP) is 18.8. The summed E-state index contributed by atoms with van der Waals surface area (Å²) < 4.78 is 9.05. The molecule has 0 aliphatic carbocycles. The Kier molecular flexibility index (Phi) is 10.5. The molecule has 4 heteroatoms. The van der Waals surface area contributed by atoms with Crippen LogP contribution in [0.25, 0.3) is 139 Å². The number of nitrogens with zero attached hydrogens (tertiary/aromatic N) is 3. The first kappa shape index (κ1) is 42.9. The Hall–Kier alpha value is -9.90. The minimum absolute atomic E-state index is 0.626. The van der Waals surface area contributed by atoms with Crippen molar-refractivity contribution in [1.29, 1.82) is 0 Å². The molecule has 11 aromatic carbocycles.